The first-order valence-electron chi connectivity index (χ1n) is 11.6. The zero-order valence-corrected chi connectivity index (χ0v) is 19.5. The van der Waals surface area contributed by atoms with Crippen molar-refractivity contribution >= 4 is 34.4 Å². The number of halogens is 2. The maximum Gasteiger partial charge on any atom is 0.268 e. The van der Waals surface area contributed by atoms with Gasteiger partial charge in [0.25, 0.3) is 5.91 Å². The Labute approximate surface area is 201 Å². The summed E-state index contributed by atoms with van der Waals surface area (Å²) in [6.07, 6.45) is 4.32. The lowest BCUT2D eigenvalue weighted by atomic mass is 9.90. The Morgan fingerprint density at radius 1 is 1.17 bits per heavy atom. The topological polar surface area (TPSA) is 140 Å². The van der Waals surface area contributed by atoms with Crippen LogP contribution in [0.5, 0.6) is 0 Å². The molecule has 1 aromatic carbocycles. The van der Waals surface area contributed by atoms with Crippen LogP contribution in [-0.2, 0) is 14.4 Å². The molecule has 0 bridgehead atoms. The van der Waals surface area contributed by atoms with Gasteiger partial charge in [-0.15, -0.1) is 0 Å². The zero-order valence-electron chi connectivity index (χ0n) is 19.5. The van der Waals surface area contributed by atoms with E-state index in [9.17, 15) is 28.0 Å². The van der Waals surface area contributed by atoms with Gasteiger partial charge in [0.1, 0.15) is 23.9 Å². The summed E-state index contributed by atoms with van der Waals surface area (Å²) in [6, 6.07) is 1.91. The van der Waals surface area contributed by atoms with Crippen molar-refractivity contribution in [1.29, 1.82) is 0 Å². The number of aromatic amines is 1. The Hall–Kier alpha value is -3.34. The summed E-state index contributed by atoms with van der Waals surface area (Å²) in [5, 5.41) is 16.7. The first-order chi connectivity index (χ1) is 16.7. The lowest BCUT2D eigenvalue weighted by Gasteiger charge is -2.26. The molecule has 11 heteroatoms. The number of aliphatic hydroxyl groups excluding tert-OH is 1. The molecule has 1 aliphatic carbocycles. The normalized spacial score (nSPS) is 18.2. The second-order valence-corrected chi connectivity index (χ2v) is 9.01. The predicted molar refractivity (Wildman–Crippen MR) is 123 cm³/mol. The standard InChI is InChI=1S/C20H22F2N4O5.C4H8/c21-12-4-11-6-15(26-18(11)13(22)7-12)20(31)24-8-17(29)25-14(16(28)9-27)5-10-2-1-3-23-19(10)30;1-4-2-3-4/h4,6-7,10,14,26-27H,1-3,5,8-9H2,(H,23,30)(H,24,31)(H,25,29);4H,2-3H2,1H3/t10-,14?;/m0./s1. The van der Waals surface area contributed by atoms with E-state index in [1.54, 1.807) is 0 Å². The molecule has 4 rings (SSSR count). The maximum absolute atomic E-state index is 13.8. The summed E-state index contributed by atoms with van der Waals surface area (Å²) >= 11 is 0. The summed E-state index contributed by atoms with van der Waals surface area (Å²) < 4.78 is 27.1. The molecular formula is C24H30F2N4O5. The highest BCUT2D eigenvalue weighted by atomic mass is 19.1. The monoisotopic (exact) mass is 492 g/mol. The number of hydrogen-bond acceptors (Lipinski definition) is 5. The van der Waals surface area contributed by atoms with E-state index in [1.165, 1.54) is 18.9 Å². The van der Waals surface area contributed by atoms with Gasteiger partial charge in [-0.3, -0.25) is 19.2 Å². The smallest absolute Gasteiger partial charge is 0.268 e. The molecule has 2 atom stereocenters. The number of H-pyrrole nitrogens is 1. The SMILES string of the molecule is CC1CC1.O=C(CNC(=O)c1cc2cc(F)cc(F)c2[nH]1)NC(C[C@@H]1CCCNC1=O)C(=O)CO. The van der Waals surface area contributed by atoms with Crippen LogP contribution in [0.4, 0.5) is 8.78 Å². The summed E-state index contributed by atoms with van der Waals surface area (Å²) in [6.45, 7) is 1.52. The van der Waals surface area contributed by atoms with E-state index in [2.05, 4.69) is 27.9 Å². The van der Waals surface area contributed by atoms with Gasteiger partial charge in [-0.2, -0.15) is 0 Å². The average molecular weight is 493 g/mol. The summed E-state index contributed by atoms with van der Waals surface area (Å²) in [5.74, 6) is -3.33. The van der Waals surface area contributed by atoms with Crippen molar-refractivity contribution in [1.82, 2.24) is 20.9 Å². The van der Waals surface area contributed by atoms with Crippen LogP contribution in [0, 0.1) is 23.5 Å². The molecule has 35 heavy (non-hydrogen) atoms. The summed E-state index contributed by atoms with van der Waals surface area (Å²) in [5.41, 5.74) is -0.121. The molecule has 1 saturated heterocycles. The molecule has 2 aliphatic rings. The van der Waals surface area contributed by atoms with Crippen LogP contribution in [-0.4, -0.2) is 59.3 Å². The fourth-order valence-electron chi connectivity index (χ4n) is 3.68. The predicted octanol–water partition coefficient (Wildman–Crippen LogP) is 1.55. The highest BCUT2D eigenvalue weighted by Crippen LogP contribution is 2.26. The molecule has 5 N–H and O–H groups in total. The molecule has 190 valence electrons. The van der Waals surface area contributed by atoms with Gasteiger partial charge in [-0.1, -0.05) is 19.8 Å². The minimum absolute atomic E-state index is 0.0395. The van der Waals surface area contributed by atoms with Crippen molar-refractivity contribution in [3.05, 3.63) is 35.5 Å². The number of fused-ring (bicyclic) bond motifs is 1. The van der Waals surface area contributed by atoms with Crippen LogP contribution < -0.4 is 16.0 Å². The number of hydrogen-bond donors (Lipinski definition) is 5. The Balaban J connectivity index is 0.000000775. The molecule has 0 radical (unpaired) electrons. The highest BCUT2D eigenvalue weighted by molar-refractivity contribution is 6.00. The molecule has 2 aromatic rings. The van der Waals surface area contributed by atoms with E-state index in [0.717, 1.165) is 18.4 Å². The minimum Gasteiger partial charge on any atom is -0.389 e. The van der Waals surface area contributed by atoms with E-state index >= 15 is 0 Å². The highest BCUT2D eigenvalue weighted by Gasteiger charge is 2.29. The number of benzene rings is 1. The number of carbonyl (C=O) groups is 4. The molecular weight excluding hydrogens is 462 g/mol. The number of nitrogens with one attached hydrogen (secondary N) is 4. The van der Waals surface area contributed by atoms with Crippen molar-refractivity contribution in [2.45, 2.75) is 45.1 Å². The number of piperidine rings is 1. The van der Waals surface area contributed by atoms with E-state index in [1.807, 2.05) is 0 Å². The van der Waals surface area contributed by atoms with Crippen molar-refractivity contribution in [2.24, 2.45) is 11.8 Å². The van der Waals surface area contributed by atoms with Crippen molar-refractivity contribution in [3.63, 3.8) is 0 Å². The molecule has 2 fully saturated rings. The van der Waals surface area contributed by atoms with Crippen LogP contribution in [0.3, 0.4) is 0 Å². The molecule has 1 saturated carbocycles. The average Bonchev–Trinajstić information content (AvgIpc) is 3.48. The van der Waals surface area contributed by atoms with Gasteiger partial charge in [0.15, 0.2) is 5.78 Å². The lowest BCUT2D eigenvalue weighted by molar-refractivity contribution is -0.131. The van der Waals surface area contributed by atoms with Crippen LogP contribution in [0.15, 0.2) is 18.2 Å². The number of carbonyl (C=O) groups excluding carboxylic acids is 4. The maximum atomic E-state index is 13.8. The fourth-order valence-corrected chi connectivity index (χ4v) is 3.68. The lowest BCUT2D eigenvalue weighted by Crippen LogP contribution is -2.49. The summed E-state index contributed by atoms with van der Waals surface area (Å²) in [7, 11) is 0. The van der Waals surface area contributed by atoms with Gasteiger partial charge in [-0.25, -0.2) is 8.78 Å². The Bertz CT molecular complexity index is 1100. The van der Waals surface area contributed by atoms with Gasteiger partial charge >= 0.3 is 0 Å². The molecule has 2 heterocycles. The first kappa shape index (κ1) is 26.3. The van der Waals surface area contributed by atoms with Gasteiger partial charge in [0.05, 0.1) is 18.1 Å². The van der Waals surface area contributed by atoms with Crippen molar-refractivity contribution in [3.8, 4) is 0 Å². The second-order valence-electron chi connectivity index (χ2n) is 9.01. The Morgan fingerprint density at radius 3 is 2.51 bits per heavy atom. The third-order valence-corrected chi connectivity index (χ3v) is 5.96. The number of aliphatic hydroxyl groups is 1. The third-order valence-electron chi connectivity index (χ3n) is 5.96. The van der Waals surface area contributed by atoms with Crippen molar-refractivity contribution < 1.29 is 33.1 Å². The zero-order chi connectivity index (χ0) is 25.5. The Morgan fingerprint density at radius 2 is 1.89 bits per heavy atom. The van der Waals surface area contributed by atoms with Crippen LogP contribution in [0.25, 0.3) is 10.9 Å². The molecule has 0 spiro atoms. The fraction of sp³-hybridized carbons (Fsp3) is 0.500. The second kappa shape index (κ2) is 11.9. The Kier molecular flexibility index (Phi) is 8.91. The number of Topliss-reactive ketones (excluding diaryl/α,β-unsaturated/α-hetero) is 1. The van der Waals surface area contributed by atoms with Crippen molar-refractivity contribution in [2.75, 3.05) is 19.7 Å². The van der Waals surface area contributed by atoms with Gasteiger partial charge in [0.2, 0.25) is 11.8 Å². The number of rotatable bonds is 8. The van der Waals surface area contributed by atoms with Gasteiger partial charge in [0, 0.05) is 23.9 Å². The molecule has 9 nitrogen and oxygen atoms in total. The summed E-state index contributed by atoms with van der Waals surface area (Å²) in [4.78, 5) is 50.9. The molecule has 1 unspecified atom stereocenters. The van der Waals surface area contributed by atoms with Crippen LogP contribution in [0.1, 0.15) is 49.5 Å². The van der Waals surface area contributed by atoms with E-state index in [0.29, 0.717) is 19.0 Å². The third kappa shape index (κ3) is 7.57. The number of aromatic nitrogens is 1. The van der Waals surface area contributed by atoms with Gasteiger partial charge in [-0.05, 0) is 37.3 Å². The number of amides is 3. The number of ketones is 1. The van der Waals surface area contributed by atoms with Crippen LogP contribution >= 0.6 is 0 Å². The minimum atomic E-state index is -1.08. The van der Waals surface area contributed by atoms with Gasteiger partial charge < -0.3 is 26.0 Å². The van der Waals surface area contributed by atoms with Crippen LogP contribution in [0.2, 0.25) is 0 Å². The molecule has 1 aliphatic heterocycles. The first-order valence-corrected chi connectivity index (χ1v) is 11.6. The quantitative estimate of drug-likeness (QED) is 0.380. The van der Waals surface area contributed by atoms with E-state index < -0.39 is 54.3 Å². The molecule has 1 aromatic heterocycles. The van der Waals surface area contributed by atoms with E-state index in [-0.39, 0.29) is 28.9 Å². The molecule has 3 amide bonds. The largest absolute Gasteiger partial charge is 0.389 e. The van der Waals surface area contributed by atoms with E-state index in [4.69, 9.17) is 5.11 Å².